The number of nitrogens with one attached hydrogen (secondary N) is 1. The van der Waals surface area contributed by atoms with E-state index in [1.54, 1.807) is 26.8 Å². The van der Waals surface area contributed by atoms with Crippen molar-refractivity contribution in [2.45, 2.75) is 72.4 Å². The molecular weight excluding hydrogens is 386 g/mol. The number of fused-ring (bicyclic) bond motifs is 1. The predicted molar refractivity (Wildman–Crippen MR) is 115 cm³/mol. The smallest absolute Gasteiger partial charge is 0.336 e. The Morgan fingerprint density at radius 1 is 1.23 bits per heavy atom. The maximum atomic E-state index is 12.5. The molecule has 0 spiro atoms. The summed E-state index contributed by atoms with van der Waals surface area (Å²) in [5, 5.41) is 12.8. The van der Waals surface area contributed by atoms with Crippen molar-refractivity contribution in [3.8, 4) is 5.75 Å². The van der Waals surface area contributed by atoms with Gasteiger partial charge in [-0.15, -0.1) is 0 Å². The monoisotopic (exact) mass is 417 g/mol. The van der Waals surface area contributed by atoms with Gasteiger partial charge < -0.3 is 19.6 Å². The molecule has 1 unspecified atom stereocenters. The Morgan fingerprint density at radius 3 is 2.53 bits per heavy atom. The van der Waals surface area contributed by atoms with Crippen molar-refractivity contribution >= 4 is 22.8 Å². The van der Waals surface area contributed by atoms with E-state index in [2.05, 4.69) is 12.2 Å². The molecule has 1 amide bonds. The van der Waals surface area contributed by atoms with Crippen molar-refractivity contribution in [1.29, 1.82) is 0 Å². The number of unbranched alkanes of at least 4 members (excludes halogenated alkanes) is 1. The summed E-state index contributed by atoms with van der Waals surface area (Å²) < 4.78 is 11.2. The largest absolute Gasteiger partial charge is 0.480 e. The third-order valence-electron chi connectivity index (χ3n) is 5.45. The number of rotatable bonds is 10. The summed E-state index contributed by atoms with van der Waals surface area (Å²) in [6.07, 6.45) is 2.47. The molecular formula is C23H31NO6. The van der Waals surface area contributed by atoms with Crippen LogP contribution < -0.4 is 15.7 Å². The summed E-state index contributed by atoms with van der Waals surface area (Å²) in [6.45, 7) is 9.06. The van der Waals surface area contributed by atoms with Crippen molar-refractivity contribution in [2.24, 2.45) is 5.92 Å². The third kappa shape index (κ3) is 5.40. The van der Waals surface area contributed by atoms with E-state index in [1.807, 2.05) is 13.0 Å². The Bertz CT molecular complexity index is 964. The highest BCUT2D eigenvalue weighted by Crippen LogP contribution is 2.29. The molecule has 0 saturated carbocycles. The highest BCUT2D eigenvalue weighted by molar-refractivity contribution is 5.87. The van der Waals surface area contributed by atoms with Crippen molar-refractivity contribution in [1.82, 2.24) is 5.32 Å². The normalized spacial score (nSPS) is 14.2. The van der Waals surface area contributed by atoms with Crippen molar-refractivity contribution < 1.29 is 23.8 Å². The van der Waals surface area contributed by atoms with Crippen LogP contribution in [0.3, 0.4) is 0 Å². The van der Waals surface area contributed by atoms with E-state index < -0.39 is 29.6 Å². The van der Waals surface area contributed by atoms with Gasteiger partial charge in [0.2, 0.25) is 0 Å². The summed E-state index contributed by atoms with van der Waals surface area (Å²) in [4.78, 5) is 36.0. The van der Waals surface area contributed by atoms with Crippen LogP contribution in [-0.4, -0.2) is 29.1 Å². The molecule has 0 aliphatic heterocycles. The lowest BCUT2D eigenvalue weighted by atomic mass is 9.99. The number of benzene rings is 1. The minimum atomic E-state index is -1.08. The minimum absolute atomic E-state index is 0.211. The van der Waals surface area contributed by atoms with E-state index in [1.165, 1.54) is 6.07 Å². The molecule has 0 aliphatic carbocycles. The number of carbonyl (C=O) groups is 2. The Hall–Kier alpha value is -2.83. The SMILES string of the molecule is CCCCc1cc(=O)oc2c(C)c(OC(C)C(=O)N[C@H](C(=O)O)[C@H](C)CC)ccc12. The van der Waals surface area contributed by atoms with E-state index in [4.69, 9.17) is 9.15 Å². The molecule has 1 aromatic carbocycles. The maximum Gasteiger partial charge on any atom is 0.336 e. The zero-order valence-corrected chi connectivity index (χ0v) is 18.3. The molecule has 7 heteroatoms. The van der Waals surface area contributed by atoms with Crippen LogP contribution in [0.1, 0.15) is 58.1 Å². The van der Waals surface area contributed by atoms with Crippen LogP contribution in [0.25, 0.3) is 11.0 Å². The Kier molecular flexibility index (Phi) is 8.03. The highest BCUT2D eigenvalue weighted by Gasteiger charge is 2.28. The van der Waals surface area contributed by atoms with Crippen LogP contribution in [0.5, 0.6) is 5.75 Å². The molecule has 2 N–H and O–H groups in total. The molecule has 1 aromatic heterocycles. The lowest BCUT2D eigenvalue weighted by Gasteiger charge is -2.23. The molecule has 0 bridgehead atoms. The first-order valence-corrected chi connectivity index (χ1v) is 10.5. The van der Waals surface area contributed by atoms with E-state index in [9.17, 15) is 19.5 Å². The van der Waals surface area contributed by atoms with E-state index in [0.717, 1.165) is 30.2 Å². The van der Waals surface area contributed by atoms with Gasteiger partial charge in [-0.25, -0.2) is 9.59 Å². The summed E-state index contributed by atoms with van der Waals surface area (Å²) in [5.74, 6) is -1.39. The molecule has 7 nitrogen and oxygen atoms in total. The molecule has 3 atom stereocenters. The van der Waals surface area contributed by atoms with Gasteiger partial charge in [-0.2, -0.15) is 0 Å². The predicted octanol–water partition coefficient (Wildman–Crippen LogP) is 3.83. The van der Waals surface area contributed by atoms with Crippen LogP contribution in [0, 0.1) is 12.8 Å². The van der Waals surface area contributed by atoms with Gasteiger partial charge in [0.1, 0.15) is 17.4 Å². The highest BCUT2D eigenvalue weighted by atomic mass is 16.5. The molecule has 0 saturated heterocycles. The first kappa shape index (κ1) is 23.4. The standard InChI is InChI=1S/C23H31NO6/c1-6-8-9-16-12-19(25)30-21-14(4)18(11-10-17(16)21)29-15(5)22(26)24-20(23(27)28)13(3)7-2/h10-13,15,20H,6-9H2,1-5H3,(H,24,26)(H,27,28)/t13-,15?,20+/m1/s1. The number of carbonyl (C=O) groups excluding carboxylic acids is 1. The van der Waals surface area contributed by atoms with Gasteiger partial charge in [0, 0.05) is 17.0 Å². The summed E-state index contributed by atoms with van der Waals surface area (Å²) >= 11 is 0. The fourth-order valence-electron chi connectivity index (χ4n) is 3.31. The lowest BCUT2D eigenvalue weighted by molar-refractivity contribution is -0.144. The van der Waals surface area contributed by atoms with Gasteiger partial charge >= 0.3 is 11.6 Å². The van der Waals surface area contributed by atoms with Crippen LogP contribution in [0.4, 0.5) is 0 Å². The number of ether oxygens (including phenoxy) is 1. The summed E-state index contributed by atoms with van der Waals surface area (Å²) in [7, 11) is 0. The average Bonchev–Trinajstić information content (AvgIpc) is 2.71. The van der Waals surface area contributed by atoms with Crippen LogP contribution in [-0.2, 0) is 16.0 Å². The number of carboxylic acid groups (broad SMARTS) is 1. The minimum Gasteiger partial charge on any atom is -0.480 e. The summed E-state index contributed by atoms with van der Waals surface area (Å²) in [5.41, 5.74) is 1.58. The fraction of sp³-hybridized carbons (Fsp3) is 0.522. The van der Waals surface area contributed by atoms with Gasteiger partial charge in [-0.1, -0.05) is 33.6 Å². The van der Waals surface area contributed by atoms with Gasteiger partial charge in [-0.3, -0.25) is 4.79 Å². The topological polar surface area (TPSA) is 106 Å². The van der Waals surface area contributed by atoms with Crippen molar-refractivity contribution in [2.75, 3.05) is 0 Å². The lowest BCUT2D eigenvalue weighted by Crippen LogP contribution is -2.49. The van der Waals surface area contributed by atoms with Gasteiger partial charge in [0.15, 0.2) is 6.10 Å². The van der Waals surface area contributed by atoms with Crippen molar-refractivity contribution in [3.05, 3.63) is 39.7 Å². The molecule has 0 radical (unpaired) electrons. The molecule has 164 valence electrons. The number of carboxylic acids is 1. The van der Waals surface area contributed by atoms with Gasteiger partial charge in [0.05, 0.1) is 0 Å². The second-order valence-corrected chi connectivity index (χ2v) is 7.73. The van der Waals surface area contributed by atoms with Crippen LogP contribution in [0.15, 0.2) is 27.4 Å². The second kappa shape index (κ2) is 10.3. The first-order valence-electron chi connectivity index (χ1n) is 10.5. The maximum absolute atomic E-state index is 12.5. The van der Waals surface area contributed by atoms with Crippen LogP contribution in [0.2, 0.25) is 0 Å². The van der Waals surface area contributed by atoms with Gasteiger partial charge in [-0.05, 0) is 50.3 Å². The average molecular weight is 418 g/mol. The number of amides is 1. The molecule has 0 aliphatic rings. The van der Waals surface area contributed by atoms with E-state index in [-0.39, 0.29) is 5.92 Å². The van der Waals surface area contributed by atoms with Crippen molar-refractivity contribution in [3.63, 3.8) is 0 Å². The van der Waals surface area contributed by atoms with Crippen LogP contribution >= 0.6 is 0 Å². The number of hydrogen-bond acceptors (Lipinski definition) is 5. The Labute approximate surface area is 176 Å². The molecule has 2 aromatic rings. The Morgan fingerprint density at radius 2 is 1.93 bits per heavy atom. The quantitative estimate of drug-likeness (QED) is 0.569. The first-order chi connectivity index (χ1) is 14.2. The number of hydrogen-bond donors (Lipinski definition) is 2. The van der Waals surface area contributed by atoms with E-state index in [0.29, 0.717) is 23.3 Å². The zero-order valence-electron chi connectivity index (χ0n) is 18.3. The molecule has 1 heterocycles. The van der Waals surface area contributed by atoms with E-state index >= 15 is 0 Å². The fourth-order valence-corrected chi connectivity index (χ4v) is 3.31. The van der Waals surface area contributed by atoms with Gasteiger partial charge in [0.25, 0.3) is 5.91 Å². The molecule has 0 fully saturated rings. The molecule has 30 heavy (non-hydrogen) atoms. The second-order valence-electron chi connectivity index (χ2n) is 7.73. The Balaban J connectivity index is 2.26. The zero-order chi connectivity index (χ0) is 22.4. The third-order valence-corrected chi connectivity index (χ3v) is 5.45. The molecule has 2 rings (SSSR count). The number of aryl methyl sites for hydroxylation is 2. The summed E-state index contributed by atoms with van der Waals surface area (Å²) in [6, 6.07) is 4.12. The number of aliphatic carboxylic acids is 1.